The monoisotopic (exact) mass is 263 g/mol. The molecule has 1 aromatic carbocycles. The molecule has 0 radical (unpaired) electrons. The SMILES string of the molecule is CCCNC(C)CCOc1ccc(C(C)C)c(C)c1. The van der Waals surface area contributed by atoms with E-state index in [1.807, 2.05) is 0 Å². The van der Waals surface area contributed by atoms with E-state index >= 15 is 0 Å². The molecule has 108 valence electrons. The van der Waals surface area contributed by atoms with Crippen LogP contribution in [0.2, 0.25) is 0 Å². The van der Waals surface area contributed by atoms with Crippen molar-refractivity contribution in [1.29, 1.82) is 0 Å². The Morgan fingerprint density at radius 2 is 1.95 bits per heavy atom. The van der Waals surface area contributed by atoms with E-state index in [2.05, 4.69) is 58.1 Å². The van der Waals surface area contributed by atoms with Crippen molar-refractivity contribution in [2.24, 2.45) is 0 Å². The molecule has 1 N–H and O–H groups in total. The van der Waals surface area contributed by atoms with Crippen molar-refractivity contribution >= 4 is 0 Å². The molecule has 0 aliphatic carbocycles. The zero-order valence-electron chi connectivity index (χ0n) is 13.1. The molecule has 1 unspecified atom stereocenters. The van der Waals surface area contributed by atoms with Gasteiger partial charge in [0.25, 0.3) is 0 Å². The molecule has 0 spiro atoms. The molecule has 1 aromatic rings. The van der Waals surface area contributed by atoms with Crippen molar-refractivity contribution in [2.45, 2.75) is 59.4 Å². The van der Waals surface area contributed by atoms with E-state index in [9.17, 15) is 0 Å². The summed E-state index contributed by atoms with van der Waals surface area (Å²) in [5, 5.41) is 3.47. The van der Waals surface area contributed by atoms with Crippen LogP contribution in [-0.4, -0.2) is 19.2 Å². The lowest BCUT2D eigenvalue weighted by Gasteiger charge is -2.15. The highest BCUT2D eigenvalue weighted by Crippen LogP contribution is 2.23. The molecule has 0 aromatic heterocycles. The number of hydrogen-bond acceptors (Lipinski definition) is 2. The van der Waals surface area contributed by atoms with Gasteiger partial charge in [0.1, 0.15) is 5.75 Å². The highest BCUT2D eigenvalue weighted by Gasteiger charge is 2.05. The van der Waals surface area contributed by atoms with Gasteiger partial charge in [0, 0.05) is 6.04 Å². The molecule has 0 aliphatic heterocycles. The maximum atomic E-state index is 5.83. The average molecular weight is 263 g/mol. The number of hydrogen-bond donors (Lipinski definition) is 1. The van der Waals surface area contributed by atoms with Gasteiger partial charge in [0.05, 0.1) is 6.61 Å². The minimum Gasteiger partial charge on any atom is -0.494 e. The molecular weight excluding hydrogens is 234 g/mol. The highest BCUT2D eigenvalue weighted by molar-refractivity contribution is 5.36. The topological polar surface area (TPSA) is 21.3 Å². The van der Waals surface area contributed by atoms with Crippen LogP contribution >= 0.6 is 0 Å². The van der Waals surface area contributed by atoms with E-state index in [0.29, 0.717) is 12.0 Å². The van der Waals surface area contributed by atoms with Gasteiger partial charge in [0.2, 0.25) is 0 Å². The Balaban J connectivity index is 2.40. The molecule has 1 rings (SSSR count). The van der Waals surface area contributed by atoms with Crippen molar-refractivity contribution < 1.29 is 4.74 Å². The van der Waals surface area contributed by atoms with Gasteiger partial charge in [-0.1, -0.05) is 26.8 Å². The third kappa shape index (κ3) is 5.65. The summed E-state index contributed by atoms with van der Waals surface area (Å²) in [4.78, 5) is 0. The minimum atomic E-state index is 0.524. The van der Waals surface area contributed by atoms with Crippen LogP contribution in [0.1, 0.15) is 57.6 Å². The van der Waals surface area contributed by atoms with E-state index < -0.39 is 0 Å². The standard InChI is InChI=1S/C17H29NO/c1-6-10-18-15(5)9-11-19-16-7-8-17(13(2)3)14(4)12-16/h7-8,12-13,15,18H,6,9-11H2,1-5H3. The maximum Gasteiger partial charge on any atom is 0.119 e. The molecule has 1 atom stereocenters. The fraction of sp³-hybridized carbons (Fsp3) is 0.647. The summed E-state index contributed by atoms with van der Waals surface area (Å²) in [6, 6.07) is 6.95. The number of nitrogens with one attached hydrogen (secondary N) is 1. The Labute approximate surface area is 118 Å². The molecule has 0 saturated carbocycles. The smallest absolute Gasteiger partial charge is 0.119 e. The molecule has 2 heteroatoms. The largest absolute Gasteiger partial charge is 0.494 e. The number of rotatable bonds is 8. The second-order valence-electron chi connectivity index (χ2n) is 5.67. The zero-order chi connectivity index (χ0) is 14.3. The van der Waals surface area contributed by atoms with E-state index in [1.54, 1.807) is 0 Å². The van der Waals surface area contributed by atoms with Crippen LogP contribution in [0.3, 0.4) is 0 Å². The number of benzene rings is 1. The van der Waals surface area contributed by atoms with Crippen LogP contribution in [0.25, 0.3) is 0 Å². The van der Waals surface area contributed by atoms with Crippen molar-refractivity contribution in [3.05, 3.63) is 29.3 Å². The predicted molar refractivity (Wildman–Crippen MR) is 83.1 cm³/mol. The van der Waals surface area contributed by atoms with E-state index in [4.69, 9.17) is 4.74 Å². The van der Waals surface area contributed by atoms with E-state index in [0.717, 1.165) is 25.3 Å². The van der Waals surface area contributed by atoms with Crippen molar-refractivity contribution in [2.75, 3.05) is 13.2 Å². The van der Waals surface area contributed by atoms with Gasteiger partial charge in [-0.2, -0.15) is 0 Å². The molecule has 0 saturated heterocycles. The van der Waals surface area contributed by atoms with Crippen LogP contribution in [0.5, 0.6) is 5.75 Å². The Morgan fingerprint density at radius 1 is 1.21 bits per heavy atom. The van der Waals surface area contributed by atoms with Crippen LogP contribution in [0.4, 0.5) is 0 Å². The average Bonchev–Trinajstić information content (AvgIpc) is 2.36. The quantitative estimate of drug-likeness (QED) is 0.756. The molecule has 0 bridgehead atoms. The lowest BCUT2D eigenvalue weighted by atomic mass is 9.98. The van der Waals surface area contributed by atoms with Gasteiger partial charge in [-0.3, -0.25) is 0 Å². The fourth-order valence-corrected chi connectivity index (χ4v) is 2.23. The summed E-state index contributed by atoms with van der Waals surface area (Å²) in [5.41, 5.74) is 2.73. The summed E-state index contributed by atoms with van der Waals surface area (Å²) in [7, 11) is 0. The molecule has 0 amide bonds. The number of aryl methyl sites for hydroxylation is 1. The second kappa shape index (κ2) is 8.21. The van der Waals surface area contributed by atoms with Crippen LogP contribution in [-0.2, 0) is 0 Å². The van der Waals surface area contributed by atoms with Gasteiger partial charge in [-0.15, -0.1) is 0 Å². The van der Waals surface area contributed by atoms with Gasteiger partial charge >= 0.3 is 0 Å². The summed E-state index contributed by atoms with van der Waals surface area (Å²) >= 11 is 0. The molecular formula is C17H29NO. The van der Waals surface area contributed by atoms with Crippen molar-refractivity contribution in [3.63, 3.8) is 0 Å². The normalized spacial score (nSPS) is 12.7. The molecule has 0 aliphatic rings. The van der Waals surface area contributed by atoms with E-state index in [-0.39, 0.29) is 0 Å². The summed E-state index contributed by atoms with van der Waals surface area (Å²) in [6.45, 7) is 12.9. The van der Waals surface area contributed by atoms with Crippen LogP contribution < -0.4 is 10.1 Å². The van der Waals surface area contributed by atoms with Gasteiger partial charge in [0.15, 0.2) is 0 Å². The zero-order valence-corrected chi connectivity index (χ0v) is 13.1. The summed E-state index contributed by atoms with van der Waals surface area (Å²) < 4.78 is 5.83. The molecule has 19 heavy (non-hydrogen) atoms. The molecule has 2 nitrogen and oxygen atoms in total. The van der Waals surface area contributed by atoms with Crippen LogP contribution in [0, 0.1) is 6.92 Å². The molecule has 0 fully saturated rings. The third-order valence-corrected chi connectivity index (χ3v) is 3.43. The fourth-order valence-electron chi connectivity index (χ4n) is 2.23. The van der Waals surface area contributed by atoms with Gasteiger partial charge < -0.3 is 10.1 Å². The van der Waals surface area contributed by atoms with Crippen molar-refractivity contribution in [1.82, 2.24) is 5.32 Å². The summed E-state index contributed by atoms with van der Waals surface area (Å²) in [6.07, 6.45) is 2.23. The van der Waals surface area contributed by atoms with Gasteiger partial charge in [-0.05, 0) is 62.4 Å². The first kappa shape index (κ1) is 16.0. The first-order chi connectivity index (χ1) is 9.04. The molecule has 0 heterocycles. The lowest BCUT2D eigenvalue weighted by Crippen LogP contribution is -2.28. The number of ether oxygens (including phenoxy) is 1. The summed E-state index contributed by atoms with van der Waals surface area (Å²) in [5.74, 6) is 1.57. The third-order valence-electron chi connectivity index (χ3n) is 3.43. The minimum absolute atomic E-state index is 0.524. The Morgan fingerprint density at radius 3 is 2.53 bits per heavy atom. The Hall–Kier alpha value is -1.02. The Kier molecular flexibility index (Phi) is 6.93. The predicted octanol–water partition coefficient (Wildman–Crippen LogP) is 4.28. The Bertz CT molecular complexity index is 374. The maximum absolute atomic E-state index is 5.83. The van der Waals surface area contributed by atoms with Gasteiger partial charge in [-0.25, -0.2) is 0 Å². The van der Waals surface area contributed by atoms with E-state index in [1.165, 1.54) is 17.5 Å². The highest BCUT2D eigenvalue weighted by atomic mass is 16.5. The lowest BCUT2D eigenvalue weighted by molar-refractivity contribution is 0.290. The van der Waals surface area contributed by atoms with Crippen LogP contribution in [0.15, 0.2) is 18.2 Å². The first-order valence-electron chi connectivity index (χ1n) is 7.51. The second-order valence-corrected chi connectivity index (χ2v) is 5.67. The van der Waals surface area contributed by atoms with Crippen molar-refractivity contribution in [3.8, 4) is 5.75 Å². The first-order valence-corrected chi connectivity index (χ1v) is 7.51.